The van der Waals surface area contributed by atoms with Crippen molar-refractivity contribution in [3.05, 3.63) is 35.9 Å². The van der Waals surface area contributed by atoms with Gasteiger partial charge in [0.1, 0.15) is 5.60 Å². The fourth-order valence-electron chi connectivity index (χ4n) is 3.47. The summed E-state index contributed by atoms with van der Waals surface area (Å²) in [6.45, 7) is 5.92. The van der Waals surface area contributed by atoms with Gasteiger partial charge in [-0.25, -0.2) is 25.6 Å². The topological polar surface area (TPSA) is 137 Å². The van der Waals surface area contributed by atoms with E-state index in [2.05, 4.69) is 10.6 Å². The van der Waals surface area contributed by atoms with Gasteiger partial charge in [-0.15, -0.1) is 0 Å². The van der Waals surface area contributed by atoms with Gasteiger partial charge in [0.2, 0.25) is 6.41 Å². The van der Waals surface area contributed by atoms with Crippen molar-refractivity contribution in [1.82, 2.24) is 20.8 Å². The Hall–Kier alpha value is -2.85. The van der Waals surface area contributed by atoms with E-state index in [0.717, 1.165) is 10.7 Å². The Bertz CT molecular complexity index is 709. The molecule has 1 heterocycles. The summed E-state index contributed by atoms with van der Waals surface area (Å²) in [6, 6.07) is 8.09. The molecule has 3 unspecified atom stereocenters. The molecule has 0 bridgehead atoms. The minimum atomic E-state index is -1.16. The maximum absolute atomic E-state index is 12.4. The summed E-state index contributed by atoms with van der Waals surface area (Å²) in [5.74, 6) is 5.41. The Labute approximate surface area is 169 Å². The van der Waals surface area contributed by atoms with Crippen LogP contribution in [0, 0.1) is 5.92 Å². The van der Waals surface area contributed by atoms with Crippen molar-refractivity contribution < 1.29 is 24.2 Å². The maximum atomic E-state index is 12.4. The molecular formula is C19H29N5O5. The first-order valence-corrected chi connectivity index (χ1v) is 9.38. The van der Waals surface area contributed by atoms with Crippen molar-refractivity contribution in [1.29, 1.82) is 0 Å². The van der Waals surface area contributed by atoms with E-state index in [1.165, 1.54) is 0 Å². The molecule has 160 valence electrons. The van der Waals surface area contributed by atoms with Gasteiger partial charge in [0, 0.05) is 19.0 Å². The number of alkyl carbamates (subject to hydrolysis) is 1. The van der Waals surface area contributed by atoms with Crippen LogP contribution >= 0.6 is 0 Å². The van der Waals surface area contributed by atoms with Crippen LogP contribution in [0.3, 0.4) is 0 Å². The summed E-state index contributed by atoms with van der Waals surface area (Å²) in [5, 5.41) is 17.3. The zero-order valence-corrected chi connectivity index (χ0v) is 16.9. The van der Waals surface area contributed by atoms with Crippen LogP contribution in [-0.4, -0.2) is 58.6 Å². The molecule has 5 N–H and O–H groups in total. The van der Waals surface area contributed by atoms with Crippen LogP contribution in [-0.2, 0) is 9.53 Å². The highest BCUT2D eigenvalue weighted by molar-refractivity contribution is 5.68. The smallest absolute Gasteiger partial charge is 0.407 e. The Morgan fingerprint density at radius 3 is 2.55 bits per heavy atom. The van der Waals surface area contributed by atoms with Crippen molar-refractivity contribution in [2.75, 3.05) is 13.1 Å². The van der Waals surface area contributed by atoms with E-state index in [1.807, 2.05) is 30.3 Å². The number of hydrazine groups is 2. The van der Waals surface area contributed by atoms with E-state index < -0.39 is 29.9 Å². The van der Waals surface area contributed by atoms with Gasteiger partial charge < -0.3 is 20.5 Å². The van der Waals surface area contributed by atoms with Gasteiger partial charge in [0.25, 0.3) is 0 Å². The lowest BCUT2D eigenvalue weighted by atomic mass is 9.82. The van der Waals surface area contributed by atoms with Crippen LogP contribution in [0.15, 0.2) is 30.3 Å². The molecule has 1 aliphatic rings. The molecule has 3 atom stereocenters. The zero-order chi connectivity index (χ0) is 21.6. The predicted molar refractivity (Wildman–Crippen MR) is 105 cm³/mol. The highest BCUT2D eigenvalue weighted by Gasteiger charge is 2.39. The predicted octanol–water partition coefficient (Wildman–Crippen LogP) is 1.46. The highest BCUT2D eigenvalue weighted by atomic mass is 16.6. The van der Waals surface area contributed by atoms with Gasteiger partial charge >= 0.3 is 12.2 Å². The van der Waals surface area contributed by atoms with Crippen LogP contribution < -0.4 is 16.5 Å². The summed E-state index contributed by atoms with van der Waals surface area (Å²) in [5.41, 5.74) is 0.0961. The van der Waals surface area contributed by atoms with Gasteiger partial charge in [-0.2, -0.15) is 0 Å². The van der Waals surface area contributed by atoms with Crippen LogP contribution in [0.25, 0.3) is 0 Å². The third-order valence-corrected chi connectivity index (χ3v) is 4.65. The second-order valence-corrected chi connectivity index (χ2v) is 7.94. The quantitative estimate of drug-likeness (QED) is 0.242. The highest BCUT2D eigenvalue weighted by Crippen LogP contribution is 2.31. The third kappa shape index (κ3) is 6.61. The van der Waals surface area contributed by atoms with E-state index in [4.69, 9.17) is 10.6 Å². The van der Waals surface area contributed by atoms with Crippen LogP contribution in [0.5, 0.6) is 0 Å². The van der Waals surface area contributed by atoms with E-state index in [9.17, 15) is 19.5 Å². The van der Waals surface area contributed by atoms with Crippen LogP contribution in [0.2, 0.25) is 0 Å². The van der Waals surface area contributed by atoms with Crippen molar-refractivity contribution >= 4 is 18.6 Å². The number of nitrogens with two attached hydrogens (primary N) is 1. The molecule has 1 aromatic carbocycles. The van der Waals surface area contributed by atoms with Crippen molar-refractivity contribution in [2.45, 2.75) is 44.9 Å². The number of nitrogens with zero attached hydrogens (tertiary/aromatic N) is 2. The number of carboxylic acid groups (broad SMARTS) is 1. The summed E-state index contributed by atoms with van der Waals surface area (Å²) in [7, 11) is 0. The molecule has 0 aliphatic carbocycles. The average Bonchev–Trinajstić information content (AvgIpc) is 2.64. The fraction of sp³-hybridized carbons (Fsp3) is 0.526. The van der Waals surface area contributed by atoms with E-state index in [0.29, 0.717) is 19.4 Å². The Morgan fingerprint density at radius 1 is 1.34 bits per heavy atom. The second-order valence-electron chi connectivity index (χ2n) is 7.94. The second kappa shape index (κ2) is 9.57. The van der Waals surface area contributed by atoms with E-state index >= 15 is 0 Å². The number of rotatable bonds is 6. The van der Waals surface area contributed by atoms with Gasteiger partial charge in [0.15, 0.2) is 0 Å². The lowest BCUT2D eigenvalue weighted by molar-refractivity contribution is -0.139. The molecule has 3 amide bonds. The zero-order valence-electron chi connectivity index (χ0n) is 16.9. The van der Waals surface area contributed by atoms with Gasteiger partial charge in [-0.1, -0.05) is 30.3 Å². The Balaban J connectivity index is 2.29. The summed E-state index contributed by atoms with van der Waals surface area (Å²) >= 11 is 0. The van der Waals surface area contributed by atoms with Crippen LogP contribution in [0.4, 0.5) is 9.59 Å². The molecule has 0 saturated carbocycles. The third-order valence-electron chi connectivity index (χ3n) is 4.65. The molecule has 10 heteroatoms. The molecule has 10 nitrogen and oxygen atoms in total. The number of nitrogens with one attached hydrogen (secondary N) is 2. The molecule has 0 radical (unpaired) electrons. The van der Waals surface area contributed by atoms with Gasteiger partial charge in [-0.05, 0) is 32.8 Å². The van der Waals surface area contributed by atoms with Crippen molar-refractivity contribution in [3.8, 4) is 0 Å². The van der Waals surface area contributed by atoms with E-state index in [1.54, 1.807) is 25.8 Å². The Kier molecular flexibility index (Phi) is 7.40. The van der Waals surface area contributed by atoms with E-state index in [-0.39, 0.29) is 12.5 Å². The first kappa shape index (κ1) is 22.4. The number of carbonyl (C=O) groups excluding carboxylic acids is 2. The average molecular weight is 407 g/mol. The number of carbonyl (C=O) groups is 3. The number of ether oxygens (including phenoxy) is 1. The number of hydrogen-bond donors (Lipinski definition) is 4. The fourth-order valence-corrected chi connectivity index (χ4v) is 3.47. The number of benzene rings is 1. The molecule has 0 aromatic heterocycles. The summed E-state index contributed by atoms with van der Waals surface area (Å²) in [4.78, 5) is 34.9. The lowest BCUT2D eigenvalue weighted by Gasteiger charge is -2.43. The van der Waals surface area contributed by atoms with Crippen molar-refractivity contribution in [2.24, 2.45) is 11.8 Å². The molecular weight excluding hydrogens is 378 g/mol. The van der Waals surface area contributed by atoms with Crippen LogP contribution in [0.1, 0.15) is 38.8 Å². The molecule has 1 fully saturated rings. The summed E-state index contributed by atoms with van der Waals surface area (Å²) < 4.78 is 5.36. The number of piperidine rings is 1. The molecule has 1 saturated heterocycles. The minimum absolute atomic E-state index is 0.226. The first-order valence-electron chi connectivity index (χ1n) is 9.38. The summed E-state index contributed by atoms with van der Waals surface area (Å²) in [6.07, 6.45) is -0.812. The molecule has 1 aromatic rings. The SMILES string of the molecule is CC(C)(C)OC(=O)NC1CN(N(N)C=O)CCC1C(NC(=O)O)c1ccccc1. The van der Waals surface area contributed by atoms with Gasteiger partial charge in [-0.3, -0.25) is 4.79 Å². The Morgan fingerprint density at radius 2 is 2.00 bits per heavy atom. The molecule has 1 aliphatic heterocycles. The number of amides is 3. The largest absolute Gasteiger partial charge is 0.465 e. The minimum Gasteiger partial charge on any atom is -0.465 e. The van der Waals surface area contributed by atoms with Gasteiger partial charge in [0.05, 0.1) is 12.1 Å². The standard InChI is InChI=1S/C19H29N5O5/c1-19(2,3)29-18(28)21-15-11-23(24(20)12-25)10-9-14(15)16(22-17(26)27)13-7-5-4-6-8-13/h4-8,12,14-16,22H,9-11,20H2,1-3H3,(H,21,28)(H,26,27). The lowest BCUT2D eigenvalue weighted by Crippen LogP contribution is -2.61. The molecule has 0 spiro atoms. The number of hydrogen-bond acceptors (Lipinski definition) is 6. The molecule has 2 rings (SSSR count). The van der Waals surface area contributed by atoms with Crippen molar-refractivity contribution in [3.63, 3.8) is 0 Å². The normalized spacial score (nSPS) is 21.0. The first-order chi connectivity index (χ1) is 13.6. The monoisotopic (exact) mass is 407 g/mol. The maximum Gasteiger partial charge on any atom is 0.407 e. The molecule has 29 heavy (non-hydrogen) atoms.